The standard InChI is InChI=1S/C14H23NO2/c1-3-12(2)13-4-6-14(7-5-13)17-11-9-15-8-10-16/h4-7,12,15-16H,3,8-11H2,1-2H3/t12-/m0/s1. The van der Waals surface area contributed by atoms with Gasteiger partial charge < -0.3 is 15.2 Å². The Bertz CT molecular complexity index is 298. The fourth-order valence-corrected chi connectivity index (χ4v) is 1.57. The van der Waals surface area contributed by atoms with Gasteiger partial charge in [0.15, 0.2) is 0 Å². The second-order valence-electron chi connectivity index (χ2n) is 4.20. The summed E-state index contributed by atoms with van der Waals surface area (Å²) in [7, 11) is 0. The normalized spacial score (nSPS) is 12.4. The first kappa shape index (κ1) is 14.0. The average Bonchev–Trinajstić information content (AvgIpc) is 2.38. The molecule has 1 rings (SSSR count). The van der Waals surface area contributed by atoms with E-state index in [2.05, 4.69) is 31.3 Å². The van der Waals surface area contributed by atoms with Crippen molar-refractivity contribution in [2.24, 2.45) is 0 Å². The van der Waals surface area contributed by atoms with Gasteiger partial charge in [0, 0.05) is 13.1 Å². The Balaban J connectivity index is 2.30. The van der Waals surface area contributed by atoms with Crippen LogP contribution in [0.5, 0.6) is 5.75 Å². The van der Waals surface area contributed by atoms with Crippen LogP contribution in [0.2, 0.25) is 0 Å². The number of aliphatic hydroxyl groups excluding tert-OH is 1. The SMILES string of the molecule is CC[C@H](C)c1ccc(OCCNCCO)cc1. The molecule has 0 aromatic heterocycles. The number of hydrogen-bond donors (Lipinski definition) is 2. The van der Waals surface area contributed by atoms with Crippen LogP contribution in [-0.2, 0) is 0 Å². The van der Waals surface area contributed by atoms with Gasteiger partial charge in [-0.25, -0.2) is 0 Å². The summed E-state index contributed by atoms with van der Waals surface area (Å²) in [6, 6.07) is 8.30. The molecule has 0 fully saturated rings. The molecule has 2 N–H and O–H groups in total. The lowest BCUT2D eigenvalue weighted by Gasteiger charge is -2.11. The quantitative estimate of drug-likeness (QED) is 0.681. The van der Waals surface area contributed by atoms with Crippen molar-refractivity contribution in [1.29, 1.82) is 0 Å². The molecular formula is C14H23NO2. The van der Waals surface area contributed by atoms with E-state index in [1.165, 1.54) is 5.56 Å². The van der Waals surface area contributed by atoms with Crippen LogP contribution < -0.4 is 10.1 Å². The van der Waals surface area contributed by atoms with E-state index in [1.807, 2.05) is 12.1 Å². The van der Waals surface area contributed by atoms with Gasteiger partial charge in [-0.15, -0.1) is 0 Å². The molecule has 0 radical (unpaired) electrons. The molecule has 0 saturated heterocycles. The van der Waals surface area contributed by atoms with Crippen LogP contribution in [0.15, 0.2) is 24.3 Å². The van der Waals surface area contributed by atoms with Gasteiger partial charge in [-0.05, 0) is 30.0 Å². The molecule has 96 valence electrons. The molecular weight excluding hydrogens is 214 g/mol. The van der Waals surface area contributed by atoms with Crippen LogP contribution in [0.4, 0.5) is 0 Å². The first-order chi connectivity index (χ1) is 8.27. The van der Waals surface area contributed by atoms with Crippen LogP contribution >= 0.6 is 0 Å². The first-order valence-electron chi connectivity index (χ1n) is 6.32. The Morgan fingerprint density at radius 2 is 1.94 bits per heavy atom. The molecule has 3 heteroatoms. The summed E-state index contributed by atoms with van der Waals surface area (Å²) in [5.41, 5.74) is 1.36. The number of aliphatic hydroxyl groups is 1. The Morgan fingerprint density at radius 3 is 2.53 bits per heavy atom. The Morgan fingerprint density at radius 1 is 1.24 bits per heavy atom. The minimum absolute atomic E-state index is 0.170. The molecule has 1 aromatic rings. The molecule has 0 saturated carbocycles. The molecule has 0 bridgehead atoms. The van der Waals surface area contributed by atoms with Gasteiger partial charge in [-0.3, -0.25) is 0 Å². The predicted octanol–water partition coefficient (Wildman–Crippen LogP) is 2.16. The van der Waals surface area contributed by atoms with Crippen molar-refractivity contribution in [2.45, 2.75) is 26.2 Å². The van der Waals surface area contributed by atoms with E-state index in [4.69, 9.17) is 9.84 Å². The maximum absolute atomic E-state index is 8.59. The van der Waals surface area contributed by atoms with Gasteiger partial charge in [0.1, 0.15) is 12.4 Å². The highest BCUT2D eigenvalue weighted by Gasteiger charge is 2.02. The maximum Gasteiger partial charge on any atom is 0.119 e. The van der Waals surface area contributed by atoms with Gasteiger partial charge in [0.2, 0.25) is 0 Å². The summed E-state index contributed by atoms with van der Waals surface area (Å²) in [6.07, 6.45) is 1.16. The molecule has 0 aliphatic rings. The fraction of sp³-hybridized carbons (Fsp3) is 0.571. The molecule has 1 atom stereocenters. The van der Waals surface area contributed by atoms with Gasteiger partial charge in [-0.1, -0.05) is 26.0 Å². The van der Waals surface area contributed by atoms with Gasteiger partial charge in [0.05, 0.1) is 6.61 Å². The van der Waals surface area contributed by atoms with Crippen LogP contribution in [0, 0.1) is 0 Å². The van der Waals surface area contributed by atoms with E-state index in [1.54, 1.807) is 0 Å². The summed E-state index contributed by atoms with van der Waals surface area (Å²) >= 11 is 0. The minimum atomic E-state index is 0.170. The van der Waals surface area contributed by atoms with E-state index >= 15 is 0 Å². The number of nitrogens with one attached hydrogen (secondary N) is 1. The second-order valence-corrected chi connectivity index (χ2v) is 4.20. The number of ether oxygens (including phenoxy) is 1. The van der Waals surface area contributed by atoms with Gasteiger partial charge >= 0.3 is 0 Å². The van der Waals surface area contributed by atoms with Crippen LogP contribution in [0.3, 0.4) is 0 Å². The lowest BCUT2D eigenvalue weighted by atomic mass is 9.99. The Kier molecular flexibility index (Phi) is 6.67. The number of hydrogen-bond acceptors (Lipinski definition) is 3. The van der Waals surface area contributed by atoms with E-state index in [9.17, 15) is 0 Å². The number of rotatable bonds is 8. The molecule has 0 spiro atoms. The molecule has 3 nitrogen and oxygen atoms in total. The minimum Gasteiger partial charge on any atom is -0.492 e. The molecule has 0 aliphatic carbocycles. The zero-order valence-corrected chi connectivity index (χ0v) is 10.8. The van der Waals surface area contributed by atoms with Crippen molar-refractivity contribution < 1.29 is 9.84 Å². The summed E-state index contributed by atoms with van der Waals surface area (Å²) in [5.74, 6) is 1.51. The zero-order chi connectivity index (χ0) is 12.5. The maximum atomic E-state index is 8.59. The third-order valence-electron chi connectivity index (χ3n) is 2.90. The third-order valence-corrected chi connectivity index (χ3v) is 2.90. The Hall–Kier alpha value is -1.06. The summed E-state index contributed by atoms with van der Waals surface area (Å²) < 4.78 is 5.58. The molecule has 0 aliphatic heterocycles. The first-order valence-corrected chi connectivity index (χ1v) is 6.32. The topological polar surface area (TPSA) is 41.5 Å². The van der Waals surface area contributed by atoms with Crippen molar-refractivity contribution in [3.05, 3.63) is 29.8 Å². The number of benzene rings is 1. The Labute approximate surface area is 104 Å². The smallest absolute Gasteiger partial charge is 0.119 e. The molecule has 0 heterocycles. The third kappa shape index (κ3) is 5.20. The second kappa shape index (κ2) is 8.09. The van der Waals surface area contributed by atoms with Gasteiger partial charge in [0.25, 0.3) is 0 Å². The zero-order valence-electron chi connectivity index (χ0n) is 10.8. The molecule has 0 unspecified atom stereocenters. The monoisotopic (exact) mass is 237 g/mol. The lowest BCUT2D eigenvalue weighted by molar-refractivity contribution is 0.276. The highest BCUT2D eigenvalue weighted by Crippen LogP contribution is 2.21. The highest BCUT2D eigenvalue weighted by molar-refractivity contribution is 5.29. The lowest BCUT2D eigenvalue weighted by Crippen LogP contribution is -2.23. The summed E-state index contributed by atoms with van der Waals surface area (Å²) in [6.45, 7) is 6.60. The van der Waals surface area contributed by atoms with Crippen LogP contribution in [0.25, 0.3) is 0 Å². The fourth-order valence-electron chi connectivity index (χ4n) is 1.57. The molecule has 0 amide bonds. The van der Waals surface area contributed by atoms with E-state index in [-0.39, 0.29) is 6.61 Å². The van der Waals surface area contributed by atoms with Crippen molar-refractivity contribution in [2.75, 3.05) is 26.3 Å². The molecule has 17 heavy (non-hydrogen) atoms. The van der Waals surface area contributed by atoms with E-state index in [0.717, 1.165) is 18.7 Å². The van der Waals surface area contributed by atoms with Crippen molar-refractivity contribution in [3.8, 4) is 5.75 Å². The highest BCUT2D eigenvalue weighted by atomic mass is 16.5. The van der Waals surface area contributed by atoms with Crippen LogP contribution in [-0.4, -0.2) is 31.4 Å². The summed E-state index contributed by atoms with van der Waals surface area (Å²) in [4.78, 5) is 0. The van der Waals surface area contributed by atoms with Gasteiger partial charge in [-0.2, -0.15) is 0 Å². The van der Waals surface area contributed by atoms with E-state index in [0.29, 0.717) is 19.1 Å². The largest absolute Gasteiger partial charge is 0.492 e. The van der Waals surface area contributed by atoms with Crippen LogP contribution in [0.1, 0.15) is 31.7 Å². The van der Waals surface area contributed by atoms with E-state index < -0.39 is 0 Å². The molecule has 1 aromatic carbocycles. The van der Waals surface area contributed by atoms with Crippen molar-refractivity contribution in [3.63, 3.8) is 0 Å². The summed E-state index contributed by atoms with van der Waals surface area (Å²) in [5, 5.41) is 11.7. The average molecular weight is 237 g/mol. The predicted molar refractivity (Wildman–Crippen MR) is 70.6 cm³/mol. The van der Waals surface area contributed by atoms with Crippen molar-refractivity contribution in [1.82, 2.24) is 5.32 Å². The van der Waals surface area contributed by atoms with Crippen molar-refractivity contribution >= 4 is 0 Å².